The zero-order valence-corrected chi connectivity index (χ0v) is 14.2. The SMILES string of the molecule is O=C1CN(C(=O)CCC(=O)NC(CC2CC2)C(=O)O)c2ccccc2N1. The maximum absolute atomic E-state index is 12.5. The van der Waals surface area contributed by atoms with Gasteiger partial charge in [0.1, 0.15) is 12.6 Å². The molecule has 1 aromatic rings. The van der Waals surface area contributed by atoms with Gasteiger partial charge in [0.2, 0.25) is 17.7 Å². The number of hydrogen-bond acceptors (Lipinski definition) is 4. The lowest BCUT2D eigenvalue weighted by Crippen LogP contribution is -2.43. The van der Waals surface area contributed by atoms with Crippen LogP contribution in [0, 0.1) is 5.92 Å². The largest absolute Gasteiger partial charge is 0.480 e. The normalized spacial score (nSPS) is 17.1. The van der Waals surface area contributed by atoms with Crippen LogP contribution in [-0.4, -0.2) is 41.4 Å². The van der Waals surface area contributed by atoms with Gasteiger partial charge in [0.25, 0.3) is 0 Å². The van der Waals surface area contributed by atoms with Crippen molar-refractivity contribution in [3.63, 3.8) is 0 Å². The first-order valence-electron chi connectivity index (χ1n) is 8.65. The zero-order valence-electron chi connectivity index (χ0n) is 14.2. The summed E-state index contributed by atoms with van der Waals surface area (Å²) in [7, 11) is 0. The lowest BCUT2D eigenvalue weighted by molar-refractivity contribution is -0.142. The third-order valence-electron chi connectivity index (χ3n) is 4.54. The molecule has 2 aliphatic rings. The molecule has 26 heavy (non-hydrogen) atoms. The topological polar surface area (TPSA) is 116 Å². The summed E-state index contributed by atoms with van der Waals surface area (Å²) in [5.74, 6) is -1.81. The van der Waals surface area contributed by atoms with Gasteiger partial charge in [-0.05, 0) is 24.5 Å². The number of rotatable bonds is 7. The number of carboxylic acids is 1. The lowest BCUT2D eigenvalue weighted by Gasteiger charge is -2.29. The molecule has 1 aliphatic carbocycles. The number of benzene rings is 1. The molecule has 0 radical (unpaired) electrons. The summed E-state index contributed by atoms with van der Waals surface area (Å²) in [6, 6.07) is 6.04. The number of aliphatic carboxylic acids is 1. The van der Waals surface area contributed by atoms with Crippen molar-refractivity contribution >= 4 is 35.1 Å². The molecule has 1 heterocycles. The van der Waals surface area contributed by atoms with Crippen LogP contribution in [0.15, 0.2) is 24.3 Å². The molecule has 0 spiro atoms. The summed E-state index contributed by atoms with van der Waals surface area (Å²) in [6.45, 7) is -0.100. The second-order valence-corrected chi connectivity index (χ2v) is 6.68. The fourth-order valence-electron chi connectivity index (χ4n) is 2.99. The van der Waals surface area contributed by atoms with E-state index in [4.69, 9.17) is 0 Å². The predicted molar refractivity (Wildman–Crippen MR) is 93.6 cm³/mol. The molecule has 8 heteroatoms. The molecule has 0 saturated heterocycles. The molecule has 3 rings (SSSR count). The van der Waals surface area contributed by atoms with Crippen LogP contribution in [0.25, 0.3) is 0 Å². The molecule has 8 nitrogen and oxygen atoms in total. The molecular formula is C18H21N3O5. The molecule has 1 aliphatic heterocycles. The summed E-state index contributed by atoms with van der Waals surface area (Å²) in [4.78, 5) is 48.8. The summed E-state index contributed by atoms with van der Waals surface area (Å²) < 4.78 is 0. The van der Waals surface area contributed by atoms with Gasteiger partial charge >= 0.3 is 5.97 Å². The van der Waals surface area contributed by atoms with Crippen LogP contribution < -0.4 is 15.5 Å². The minimum Gasteiger partial charge on any atom is -0.480 e. The average molecular weight is 359 g/mol. The first-order valence-corrected chi connectivity index (χ1v) is 8.65. The van der Waals surface area contributed by atoms with Crippen molar-refractivity contribution in [2.45, 2.75) is 38.1 Å². The van der Waals surface area contributed by atoms with E-state index in [0.29, 0.717) is 23.7 Å². The third kappa shape index (κ3) is 4.38. The summed E-state index contributed by atoms with van der Waals surface area (Å²) in [5.41, 5.74) is 1.14. The van der Waals surface area contributed by atoms with E-state index in [1.807, 2.05) is 0 Å². The van der Waals surface area contributed by atoms with Gasteiger partial charge in [-0.2, -0.15) is 0 Å². The number of amides is 3. The Hall–Kier alpha value is -2.90. The second-order valence-electron chi connectivity index (χ2n) is 6.68. The Balaban J connectivity index is 1.55. The first-order chi connectivity index (χ1) is 12.4. The third-order valence-corrected chi connectivity index (χ3v) is 4.54. The Kier molecular flexibility index (Phi) is 5.20. The molecule has 1 unspecified atom stereocenters. The van der Waals surface area contributed by atoms with Crippen molar-refractivity contribution in [1.82, 2.24) is 5.32 Å². The molecule has 138 valence electrons. The Labute approximate surface area is 150 Å². The molecule has 0 aromatic heterocycles. The van der Waals surface area contributed by atoms with E-state index in [2.05, 4.69) is 10.6 Å². The number of carbonyl (C=O) groups is 4. The maximum Gasteiger partial charge on any atom is 0.326 e. The predicted octanol–water partition coefficient (Wildman–Crippen LogP) is 1.12. The van der Waals surface area contributed by atoms with Gasteiger partial charge in [-0.1, -0.05) is 25.0 Å². The van der Waals surface area contributed by atoms with Crippen molar-refractivity contribution in [1.29, 1.82) is 0 Å². The number of carbonyl (C=O) groups excluding carboxylic acids is 3. The Morgan fingerprint density at radius 2 is 1.96 bits per heavy atom. The monoisotopic (exact) mass is 359 g/mol. The second kappa shape index (κ2) is 7.55. The average Bonchev–Trinajstić information content (AvgIpc) is 3.42. The number of fused-ring (bicyclic) bond motifs is 1. The van der Waals surface area contributed by atoms with Gasteiger partial charge in [-0.15, -0.1) is 0 Å². The highest BCUT2D eigenvalue weighted by atomic mass is 16.4. The molecule has 3 amide bonds. The fourth-order valence-corrected chi connectivity index (χ4v) is 2.99. The molecule has 1 atom stereocenters. The highest BCUT2D eigenvalue weighted by molar-refractivity contribution is 6.10. The van der Waals surface area contributed by atoms with E-state index in [9.17, 15) is 24.3 Å². The van der Waals surface area contributed by atoms with Crippen LogP contribution in [0.3, 0.4) is 0 Å². The van der Waals surface area contributed by atoms with Crippen LogP contribution >= 0.6 is 0 Å². The Morgan fingerprint density at radius 1 is 1.23 bits per heavy atom. The zero-order chi connectivity index (χ0) is 18.7. The number of anilines is 2. The minimum absolute atomic E-state index is 0.0940. The van der Waals surface area contributed by atoms with E-state index in [0.717, 1.165) is 12.8 Å². The van der Waals surface area contributed by atoms with Crippen molar-refractivity contribution in [2.24, 2.45) is 5.92 Å². The van der Waals surface area contributed by atoms with E-state index in [-0.39, 0.29) is 31.2 Å². The van der Waals surface area contributed by atoms with Crippen molar-refractivity contribution in [2.75, 3.05) is 16.8 Å². The summed E-state index contributed by atoms with van der Waals surface area (Å²) in [5, 5.41) is 14.4. The Bertz CT molecular complexity index is 744. The standard InChI is InChI=1S/C18H21N3O5/c22-15(20-13(18(25)26)9-11-5-6-11)7-8-17(24)21-10-16(23)19-12-3-1-2-4-14(12)21/h1-4,11,13H,5-10H2,(H,19,23)(H,20,22)(H,25,26). The molecule has 1 aromatic carbocycles. The first kappa shape index (κ1) is 17.9. The van der Waals surface area contributed by atoms with E-state index in [1.165, 1.54) is 4.90 Å². The smallest absolute Gasteiger partial charge is 0.326 e. The summed E-state index contributed by atoms with van der Waals surface area (Å²) >= 11 is 0. The number of para-hydroxylation sites is 2. The van der Waals surface area contributed by atoms with E-state index < -0.39 is 17.9 Å². The number of nitrogens with zero attached hydrogens (tertiary/aromatic N) is 1. The number of hydrogen-bond donors (Lipinski definition) is 3. The van der Waals surface area contributed by atoms with Crippen LogP contribution in [0.1, 0.15) is 32.1 Å². The lowest BCUT2D eigenvalue weighted by atomic mass is 10.1. The molecular weight excluding hydrogens is 338 g/mol. The summed E-state index contributed by atoms with van der Waals surface area (Å²) in [6.07, 6.45) is 2.20. The highest BCUT2D eigenvalue weighted by Crippen LogP contribution is 2.33. The molecule has 1 fully saturated rings. The molecule has 0 bridgehead atoms. The van der Waals surface area contributed by atoms with Crippen LogP contribution in [0.5, 0.6) is 0 Å². The maximum atomic E-state index is 12.5. The fraction of sp³-hybridized carbons (Fsp3) is 0.444. The van der Waals surface area contributed by atoms with Gasteiger partial charge in [0.05, 0.1) is 11.4 Å². The van der Waals surface area contributed by atoms with Crippen molar-refractivity contribution in [3.05, 3.63) is 24.3 Å². The van der Waals surface area contributed by atoms with Crippen LogP contribution in [0.2, 0.25) is 0 Å². The van der Waals surface area contributed by atoms with Crippen molar-refractivity contribution in [3.8, 4) is 0 Å². The van der Waals surface area contributed by atoms with Gasteiger partial charge in [0.15, 0.2) is 0 Å². The quantitative estimate of drug-likeness (QED) is 0.675. The van der Waals surface area contributed by atoms with Crippen molar-refractivity contribution < 1.29 is 24.3 Å². The minimum atomic E-state index is -1.06. The van der Waals surface area contributed by atoms with Gasteiger partial charge in [0, 0.05) is 12.8 Å². The van der Waals surface area contributed by atoms with E-state index in [1.54, 1.807) is 24.3 Å². The van der Waals surface area contributed by atoms with Crippen LogP contribution in [-0.2, 0) is 19.2 Å². The number of carboxylic acid groups (broad SMARTS) is 1. The van der Waals surface area contributed by atoms with Gasteiger partial charge in [-0.3, -0.25) is 14.4 Å². The van der Waals surface area contributed by atoms with Gasteiger partial charge in [-0.25, -0.2) is 4.79 Å². The Morgan fingerprint density at radius 3 is 2.65 bits per heavy atom. The van der Waals surface area contributed by atoms with Gasteiger partial charge < -0.3 is 20.6 Å². The van der Waals surface area contributed by atoms with Crippen LogP contribution in [0.4, 0.5) is 11.4 Å². The molecule has 3 N–H and O–H groups in total. The highest BCUT2D eigenvalue weighted by Gasteiger charge is 2.31. The van der Waals surface area contributed by atoms with E-state index >= 15 is 0 Å². The molecule has 1 saturated carbocycles. The number of nitrogens with one attached hydrogen (secondary N) is 2.